The zero-order valence-electron chi connectivity index (χ0n) is 16.1. The van der Waals surface area contributed by atoms with Gasteiger partial charge in [0.2, 0.25) is 15.9 Å². The first kappa shape index (κ1) is 22.1. The number of carbonyl (C=O) groups excluding carboxylic acids is 1. The molecule has 6 nitrogen and oxygen atoms in total. The lowest BCUT2D eigenvalue weighted by Gasteiger charge is -2.17. The summed E-state index contributed by atoms with van der Waals surface area (Å²) in [6.07, 6.45) is 0. The number of thiophene rings is 1. The number of para-hydroxylation sites is 1. The van der Waals surface area contributed by atoms with Gasteiger partial charge in [-0.25, -0.2) is 8.42 Å². The second kappa shape index (κ2) is 9.91. The molecule has 0 spiro atoms. The summed E-state index contributed by atoms with van der Waals surface area (Å²) in [4.78, 5) is 13.5. The molecule has 0 atom stereocenters. The third-order valence-corrected chi connectivity index (χ3v) is 7.89. The summed E-state index contributed by atoms with van der Waals surface area (Å²) in [5.41, 5.74) is 2.22. The average molecular weight is 458 g/mol. The van der Waals surface area contributed by atoms with E-state index in [4.69, 9.17) is 5.26 Å². The second-order valence-electron chi connectivity index (χ2n) is 6.36. The largest absolute Gasteiger partial charge is 0.324 e. The van der Waals surface area contributed by atoms with Crippen LogP contribution in [-0.2, 0) is 20.6 Å². The fraction of sp³-hybridized carbons (Fsp3) is 0.143. The molecule has 0 fully saturated rings. The van der Waals surface area contributed by atoms with Gasteiger partial charge in [0.25, 0.3) is 0 Å². The van der Waals surface area contributed by atoms with Crippen molar-refractivity contribution in [2.45, 2.75) is 15.5 Å². The Morgan fingerprint density at radius 1 is 1.17 bits per heavy atom. The van der Waals surface area contributed by atoms with Crippen LogP contribution in [0.25, 0.3) is 0 Å². The van der Waals surface area contributed by atoms with E-state index in [1.54, 1.807) is 29.2 Å². The summed E-state index contributed by atoms with van der Waals surface area (Å²) in [6.45, 7) is -0.328. The molecule has 0 aliphatic heterocycles. The number of nitrogens with zero attached hydrogens (tertiary/aromatic N) is 2. The lowest BCUT2D eigenvalue weighted by Crippen LogP contribution is -2.35. The van der Waals surface area contributed by atoms with Gasteiger partial charge in [0.15, 0.2) is 0 Å². The van der Waals surface area contributed by atoms with Gasteiger partial charge >= 0.3 is 0 Å². The molecule has 3 aromatic rings. The number of sulfonamides is 1. The number of carbonyl (C=O) groups is 1. The van der Waals surface area contributed by atoms with Crippen LogP contribution < -0.4 is 5.32 Å². The zero-order valence-corrected chi connectivity index (χ0v) is 18.6. The lowest BCUT2D eigenvalue weighted by molar-refractivity contribution is -0.116. The molecule has 0 aliphatic carbocycles. The van der Waals surface area contributed by atoms with Crippen LogP contribution in [0.4, 0.5) is 5.69 Å². The van der Waals surface area contributed by atoms with Crippen molar-refractivity contribution in [2.24, 2.45) is 0 Å². The molecular formula is C21H19N3O3S3. The first-order valence-electron chi connectivity index (χ1n) is 8.89. The summed E-state index contributed by atoms with van der Waals surface area (Å²) < 4.78 is 26.4. The predicted octanol–water partition coefficient (Wildman–Crippen LogP) is 4.17. The van der Waals surface area contributed by atoms with Crippen LogP contribution >= 0.6 is 23.1 Å². The molecule has 154 valence electrons. The summed E-state index contributed by atoms with van der Waals surface area (Å²) in [5, 5.41) is 15.8. The molecule has 0 radical (unpaired) electrons. The molecule has 0 saturated carbocycles. The molecule has 9 heteroatoms. The second-order valence-corrected chi connectivity index (χ2v) is 10.2. The molecule has 1 N–H and O–H groups in total. The quantitative estimate of drug-likeness (QED) is 0.513. The first-order valence-corrected chi connectivity index (χ1v) is 12.3. The van der Waals surface area contributed by atoms with Crippen LogP contribution in [0.1, 0.15) is 11.1 Å². The van der Waals surface area contributed by atoms with E-state index >= 15 is 0 Å². The maximum Gasteiger partial charge on any atom is 0.243 e. The topological polar surface area (TPSA) is 90.3 Å². The van der Waals surface area contributed by atoms with Crippen LogP contribution in [-0.4, -0.2) is 32.2 Å². The van der Waals surface area contributed by atoms with Crippen LogP contribution in [0.5, 0.6) is 0 Å². The molecule has 0 aliphatic rings. The number of nitrogens with one attached hydrogen (secondary N) is 1. The number of likely N-dealkylation sites (N-methyl/N-ethyl adjacent to an activating group) is 1. The molecule has 0 bridgehead atoms. The molecule has 3 rings (SSSR count). The van der Waals surface area contributed by atoms with Crippen LogP contribution in [0.2, 0.25) is 0 Å². The summed E-state index contributed by atoms with van der Waals surface area (Å²) in [6, 6.07) is 17.0. The number of rotatable bonds is 8. The highest BCUT2D eigenvalue weighted by molar-refractivity contribution is 7.98. The Morgan fingerprint density at radius 2 is 1.90 bits per heavy atom. The van der Waals surface area contributed by atoms with Gasteiger partial charge < -0.3 is 5.32 Å². The number of hydrogen-bond donors (Lipinski definition) is 1. The normalized spacial score (nSPS) is 11.2. The van der Waals surface area contributed by atoms with Gasteiger partial charge in [-0.2, -0.15) is 20.9 Å². The van der Waals surface area contributed by atoms with E-state index in [0.717, 1.165) is 15.0 Å². The van der Waals surface area contributed by atoms with Gasteiger partial charge in [-0.1, -0.05) is 12.1 Å². The zero-order chi connectivity index (χ0) is 21.6. The van der Waals surface area contributed by atoms with Crippen molar-refractivity contribution in [1.29, 1.82) is 5.26 Å². The molecule has 0 unspecified atom stereocenters. The third kappa shape index (κ3) is 5.49. The van der Waals surface area contributed by atoms with E-state index < -0.39 is 15.9 Å². The molecule has 30 heavy (non-hydrogen) atoms. The first-order chi connectivity index (χ1) is 14.4. The maximum absolute atomic E-state index is 12.7. The van der Waals surface area contributed by atoms with Crippen molar-refractivity contribution in [2.75, 3.05) is 18.9 Å². The van der Waals surface area contributed by atoms with Gasteiger partial charge in [-0.3, -0.25) is 4.79 Å². The summed E-state index contributed by atoms with van der Waals surface area (Å²) in [5.74, 6) is 0.349. The number of anilines is 1. The fourth-order valence-electron chi connectivity index (χ4n) is 2.59. The van der Waals surface area contributed by atoms with Crippen LogP contribution in [0, 0.1) is 11.3 Å². The number of hydrogen-bond acceptors (Lipinski definition) is 6. The van der Waals surface area contributed by atoms with E-state index in [0.29, 0.717) is 11.3 Å². The minimum absolute atomic E-state index is 0.0310. The summed E-state index contributed by atoms with van der Waals surface area (Å²) >= 11 is 3.24. The van der Waals surface area contributed by atoms with E-state index in [1.807, 2.05) is 29.6 Å². The summed E-state index contributed by atoms with van der Waals surface area (Å²) in [7, 11) is -2.49. The van der Waals surface area contributed by atoms with Crippen molar-refractivity contribution in [3.63, 3.8) is 0 Å². The van der Waals surface area contributed by atoms with Gasteiger partial charge in [0.1, 0.15) is 0 Å². The van der Waals surface area contributed by atoms with Crippen molar-refractivity contribution in [3.05, 3.63) is 76.5 Å². The van der Waals surface area contributed by atoms with Crippen molar-refractivity contribution in [1.82, 2.24) is 4.31 Å². The van der Waals surface area contributed by atoms with Gasteiger partial charge in [-0.05, 0) is 58.8 Å². The third-order valence-electron chi connectivity index (χ3n) is 4.19. The van der Waals surface area contributed by atoms with Crippen molar-refractivity contribution >= 4 is 44.7 Å². The van der Waals surface area contributed by atoms with E-state index in [2.05, 4.69) is 16.8 Å². The van der Waals surface area contributed by atoms with Gasteiger partial charge in [0.05, 0.1) is 28.8 Å². The average Bonchev–Trinajstić information content (AvgIpc) is 3.26. The Morgan fingerprint density at radius 3 is 2.57 bits per heavy atom. The maximum atomic E-state index is 12.7. The predicted molar refractivity (Wildman–Crippen MR) is 120 cm³/mol. The standard InChI is InChI=1S/C21H19N3O3S3/c1-24(30(26,27)18-8-6-16(12-22)7-9-18)13-21(25)23-19-4-2-3-5-20(19)29-15-17-10-11-28-14-17/h2-11,14H,13,15H2,1H3,(H,23,25). The molecule has 1 aromatic heterocycles. The SMILES string of the molecule is CN(CC(=O)Nc1ccccc1SCc1ccsc1)S(=O)(=O)c1ccc(C#N)cc1. The van der Waals surface area contributed by atoms with Gasteiger partial charge in [-0.15, -0.1) is 11.8 Å². The van der Waals surface area contributed by atoms with Crippen molar-refractivity contribution < 1.29 is 13.2 Å². The molecule has 0 saturated heterocycles. The minimum Gasteiger partial charge on any atom is -0.324 e. The molecule has 2 aromatic carbocycles. The highest BCUT2D eigenvalue weighted by Crippen LogP contribution is 2.30. The number of nitriles is 1. The number of thioether (sulfide) groups is 1. The van der Waals surface area contributed by atoms with Crippen molar-refractivity contribution in [3.8, 4) is 6.07 Å². The Labute approximate surface area is 184 Å². The van der Waals surface area contributed by atoms with Crippen LogP contribution in [0.15, 0.2) is 75.1 Å². The van der Waals surface area contributed by atoms with E-state index in [-0.39, 0.29) is 11.4 Å². The minimum atomic E-state index is -3.84. The number of benzene rings is 2. The molecule has 1 heterocycles. The molecular weight excluding hydrogens is 438 g/mol. The lowest BCUT2D eigenvalue weighted by atomic mass is 10.2. The van der Waals surface area contributed by atoms with E-state index in [9.17, 15) is 13.2 Å². The Balaban J connectivity index is 1.65. The highest BCUT2D eigenvalue weighted by Gasteiger charge is 2.23. The molecule has 1 amide bonds. The Hall–Kier alpha value is -2.64. The van der Waals surface area contributed by atoms with Crippen LogP contribution in [0.3, 0.4) is 0 Å². The Bertz CT molecular complexity index is 1150. The fourth-order valence-corrected chi connectivity index (χ4v) is 5.44. The Kier molecular flexibility index (Phi) is 7.29. The van der Waals surface area contributed by atoms with E-state index in [1.165, 1.54) is 36.9 Å². The highest BCUT2D eigenvalue weighted by atomic mass is 32.2. The monoisotopic (exact) mass is 457 g/mol. The number of amides is 1. The smallest absolute Gasteiger partial charge is 0.243 e. The van der Waals surface area contributed by atoms with Gasteiger partial charge in [0, 0.05) is 17.7 Å².